The van der Waals surface area contributed by atoms with Gasteiger partial charge in [-0.05, 0) is 161 Å². The van der Waals surface area contributed by atoms with Crippen LogP contribution in [0, 0.1) is 0 Å². The number of hydrogen-bond donors (Lipinski definition) is 4. The van der Waals surface area contributed by atoms with Crippen LogP contribution in [0.25, 0.3) is 0 Å². The van der Waals surface area contributed by atoms with Crippen LogP contribution in [0.1, 0.15) is 303 Å². The summed E-state index contributed by atoms with van der Waals surface area (Å²) in [4.78, 5) is 58.8. The van der Waals surface area contributed by atoms with Gasteiger partial charge in [-0.3, -0.25) is 32.5 Å². The minimum atomic E-state index is -4.95. The third kappa shape index (κ3) is 83.2. The van der Waals surface area contributed by atoms with Gasteiger partial charge < -0.3 is 34.2 Å². The highest BCUT2D eigenvalue weighted by Gasteiger charge is 2.29. The van der Waals surface area contributed by atoms with Crippen molar-refractivity contribution in [2.75, 3.05) is 39.6 Å². The number of aliphatic hydroxyl groups is 2. The number of esters is 3. The summed E-state index contributed by atoms with van der Waals surface area (Å²) >= 11 is 0. The highest BCUT2D eigenvalue weighted by molar-refractivity contribution is 7.47. The fourth-order valence-electron chi connectivity index (χ4n) is 10.6. The molecule has 0 saturated carbocycles. The molecule has 0 aliphatic rings. The summed E-state index contributed by atoms with van der Waals surface area (Å²) in [6, 6.07) is 0. The predicted octanol–water partition coefficient (Wildman–Crippen LogP) is 25.1. The van der Waals surface area contributed by atoms with Crippen LogP contribution in [0.3, 0.4) is 0 Å². The molecule has 109 heavy (non-hydrogen) atoms. The first-order valence-electron chi connectivity index (χ1n) is 41.7. The minimum Gasteiger partial charge on any atom is -0.463 e. The van der Waals surface area contributed by atoms with Crippen molar-refractivity contribution in [3.8, 4) is 0 Å². The van der Waals surface area contributed by atoms with Gasteiger partial charge in [0, 0.05) is 19.3 Å². The van der Waals surface area contributed by atoms with Crippen molar-refractivity contribution in [3.05, 3.63) is 194 Å². The van der Waals surface area contributed by atoms with E-state index in [9.17, 15) is 43.5 Å². The Morgan fingerprint density at radius 3 is 0.725 bits per heavy atom. The van der Waals surface area contributed by atoms with Gasteiger partial charge in [0.05, 0.1) is 26.4 Å². The molecule has 0 amide bonds. The molecule has 5 atom stereocenters. The second-order valence-electron chi connectivity index (χ2n) is 27.1. The smallest absolute Gasteiger partial charge is 0.463 e. The Bertz CT molecular complexity index is 2760. The number of carbonyl (C=O) groups is 3. The quantitative estimate of drug-likeness (QED) is 0.0146. The van der Waals surface area contributed by atoms with Crippen molar-refractivity contribution in [1.29, 1.82) is 0 Å². The maximum Gasteiger partial charge on any atom is 0.472 e. The predicted molar refractivity (Wildman–Crippen MR) is 454 cm³/mol. The largest absolute Gasteiger partial charge is 0.472 e. The molecule has 0 aliphatic heterocycles. The molecule has 0 aromatic heterocycles. The third-order valence-electron chi connectivity index (χ3n) is 16.8. The second-order valence-corrected chi connectivity index (χ2v) is 30.0. The fraction of sp³-hybridized carbons (Fsp3) is 0.615. The first-order chi connectivity index (χ1) is 53.2. The van der Waals surface area contributed by atoms with Crippen LogP contribution in [-0.4, -0.2) is 95.9 Å². The van der Waals surface area contributed by atoms with Crippen molar-refractivity contribution in [2.45, 2.75) is 322 Å². The Labute approximate surface area is 661 Å². The number of allylic oxidation sites excluding steroid dienone is 32. The SMILES string of the molecule is CC/C=C\C/C=C\C/C=C\C/C=C\C/C=C\C/C=C\CCCCCCCCCCCCCCC(=O)OCC(O)COP(=O)(O)OCC(O)COP(=O)(O)OCC(COC(=O)CCCCCCC/C=C\C/C=C\C/C=C\C/C=C\C/C=C\CC)OC(=O)CCCCCCC/C=C\C/C=C\C/C=C\C/C=C\C/C=C\CC. The van der Waals surface area contributed by atoms with E-state index in [0.717, 1.165) is 193 Å². The lowest BCUT2D eigenvalue weighted by molar-refractivity contribution is -0.161. The Morgan fingerprint density at radius 1 is 0.257 bits per heavy atom. The number of phosphoric ester groups is 2. The summed E-state index contributed by atoms with van der Waals surface area (Å²) < 4.78 is 61.3. The highest BCUT2D eigenvalue weighted by Crippen LogP contribution is 2.45. The van der Waals surface area contributed by atoms with Crippen molar-refractivity contribution in [1.82, 2.24) is 0 Å². The summed E-state index contributed by atoms with van der Waals surface area (Å²) in [5.74, 6) is -1.63. The molecule has 0 fully saturated rings. The Balaban J connectivity index is 4.64. The van der Waals surface area contributed by atoms with Crippen LogP contribution >= 0.6 is 15.6 Å². The van der Waals surface area contributed by atoms with Crippen LogP contribution < -0.4 is 0 Å². The van der Waals surface area contributed by atoms with E-state index in [1.54, 1.807) is 0 Å². The summed E-state index contributed by atoms with van der Waals surface area (Å²) in [6.07, 6.45) is 108. The monoisotopic (exact) mass is 1560 g/mol. The Morgan fingerprint density at radius 2 is 0.459 bits per heavy atom. The van der Waals surface area contributed by atoms with Gasteiger partial charge >= 0.3 is 33.6 Å². The molecule has 618 valence electrons. The molecular weight excluding hydrogens is 1410 g/mol. The van der Waals surface area contributed by atoms with E-state index >= 15 is 0 Å². The van der Waals surface area contributed by atoms with Crippen LogP contribution in [0.2, 0.25) is 0 Å². The zero-order valence-electron chi connectivity index (χ0n) is 67.6. The van der Waals surface area contributed by atoms with E-state index < -0.39 is 91.5 Å². The van der Waals surface area contributed by atoms with Gasteiger partial charge in [0.25, 0.3) is 0 Å². The normalized spacial score (nSPS) is 14.9. The maximum atomic E-state index is 13.0. The number of phosphoric acid groups is 2. The van der Waals surface area contributed by atoms with Crippen LogP contribution in [0.5, 0.6) is 0 Å². The van der Waals surface area contributed by atoms with Crippen molar-refractivity contribution in [2.24, 2.45) is 0 Å². The highest BCUT2D eigenvalue weighted by atomic mass is 31.2. The van der Waals surface area contributed by atoms with Crippen LogP contribution in [0.15, 0.2) is 194 Å². The molecule has 5 unspecified atom stereocenters. The number of rotatable bonds is 77. The molecule has 0 aromatic carbocycles. The third-order valence-corrected chi connectivity index (χ3v) is 18.7. The minimum absolute atomic E-state index is 0.0703. The second kappa shape index (κ2) is 81.9. The van der Waals surface area contributed by atoms with Gasteiger partial charge in [-0.2, -0.15) is 0 Å². The van der Waals surface area contributed by atoms with Gasteiger partial charge in [0.15, 0.2) is 6.10 Å². The lowest BCUT2D eigenvalue weighted by Crippen LogP contribution is -2.30. The molecule has 18 heteroatoms. The average molecular weight is 1560 g/mol. The molecule has 4 N–H and O–H groups in total. The zero-order chi connectivity index (χ0) is 79.4. The van der Waals surface area contributed by atoms with E-state index in [1.807, 2.05) is 0 Å². The molecule has 0 saturated heterocycles. The van der Waals surface area contributed by atoms with Crippen molar-refractivity contribution in [3.63, 3.8) is 0 Å². The Kier molecular flexibility index (Phi) is 77.7. The molecular formula is C91H148O16P2. The van der Waals surface area contributed by atoms with Gasteiger partial charge in [-0.25, -0.2) is 9.13 Å². The van der Waals surface area contributed by atoms with E-state index in [-0.39, 0.29) is 19.3 Å². The molecule has 0 heterocycles. The van der Waals surface area contributed by atoms with Gasteiger partial charge in [-0.1, -0.05) is 318 Å². The molecule has 0 rings (SSSR count). The van der Waals surface area contributed by atoms with Crippen LogP contribution in [-0.2, 0) is 55.8 Å². The van der Waals surface area contributed by atoms with E-state index in [0.29, 0.717) is 19.3 Å². The fourth-order valence-corrected chi connectivity index (χ4v) is 12.2. The topological polar surface area (TPSA) is 231 Å². The molecule has 0 spiro atoms. The first kappa shape index (κ1) is 103. The summed E-state index contributed by atoms with van der Waals surface area (Å²) in [5, 5.41) is 20.7. The number of ether oxygens (including phenoxy) is 3. The van der Waals surface area contributed by atoms with Gasteiger partial charge in [0.1, 0.15) is 25.4 Å². The maximum absolute atomic E-state index is 13.0. The zero-order valence-corrected chi connectivity index (χ0v) is 69.4. The molecule has 0 radical (unpaired) electrons. The van der Waals surface area contributed by atoms with Gasteiger partial charge in [0.2, 0.25) is 0 Å². The summed E-state index contributed by atoms with van der Waals surface area (Å²) in [6.45, 7) is 2.29. The van der Waals surface area contributed by atoms with Crippen molar-refractivity contribution < 1.29 is 75.8 Å². The molecule has 16 nitrogen and oxygen atoms in total. The molecule has 0 bridgehead atoms. The van der Waals surface area contributed by atoms with E-state index in [4.69, 9.17) is 32.3 Å². The van der Waals surface area contributed by atoms with Gasteiger partial charge in [-0.15, -0.1) is 0 Å². The lowest BCUT2D eigenvalue weighted by Gasteiger charge is -2.21. The summed E-state index contributed by atoms with van der Waals surface area (Å²) in [5.41, 5.74) is 0. The molecule has 0 aliphatic carbocycles. The molecule has 0 aromatic rings. The summed E-state index contributed by atoms with van der Waals surface area (Å²) in [7, 11) is -9.83. The average Bonchev–Trinajstić information content (AvgIpc) is 0.903. The van der Waals surface area contributed by atoms with Crippen LogP contribution in [0.4, 0.5) is 0 Å². The number of unbranched alkanes of at least 4 members (excludes halogenated alkanes) is 22. The van der Waals surface area contributed by atoms with E-state index in [2.05, 4.69) is 215 Å². The first-order valence-corrected chi connectivity index (χ1v) is 44.7. The standard InChI is InChI=1S/C91H148O16P2/c1-4-7-10-13-16-19-22-25-28-31-34-37-38-39-40-41-42-43-44-45-46-49-51-53-56-59-62-65-68-71-74-77-89(94)101-80-86(92)81-103-108(97,98)104-82-87(93)83-105-109(99,100)106-85-88(107-91(96)79-76-73-70-67-64-61-58-55-52-48-36-33-30-27-24-21-18-15-12-9-6-3)84-102-90(95)78-75-72-69-66-63-60-57-54-50-47-35-32-29-26-23-20-17-14-11-8-5-2/h7-12,16-21,25-30,34-37,39-40,42-43,47-48,54-55,57-58,86-88,92-93H,4-6,13-15,22-24,31-33,38,41,44-46,49-53,56,59-85H2,1-3H3,(H,97,98)(H,99,100)/b10-7-,11-8-,12-9-,19-16-,20-17-,21-18-,28-25-,29-26-,30-27-,37-34-,40-39-,43-42-,47-35-,48-36-,57-54-,58-55-. The van der Waals surface area contributed by atoms with Crippen molar-refractivity contribution >= 4 is 33.6 Å². The Hall–Kier alpha value is -5.61. The lowest BCUT2D eigenvalue weighted by atomic mass is 10.0. The van der Waals surface area contributed by atoms with E-state index in [1.165, 1.54) is 51.4 Å². The number of hydrogen-bond acceptors (Lipinski definition) is 14. The number of carbonyl (C=O) groups excluding carboxylic acids is 3. The number of aliphatic hydroxyl groups excluding tert-OH is 2.